The van der Waals surface area contributed by atoms with Gasteiger partial charge in [0.15, 0.2) is 11.7 Å². The standard InChI is InChI=1S/C8H7NO2/c1-2-7-3-8(11)6(5-10)4-9-7/h2-5H,1H2,(H,9,11). The van der Waals surface area contributed by atoms with Crippen LogP contribution in [0.15, 0.2) is 23.6 Å². The molecular formula is C8H7NO2. The lowest BCUT2D eigenvalue weighted by Crippen LogP contribution is -2.07. The first-order valence-electron chi connectivity index (χ1n) is 3.08. The maximum Gasteiger partial charge on any atom is 0.192 e. The normalized spacial score (nSPS) is 9.09. The summed E-state index contributed by atoms with van der Waals surface area (Å²) in [7, 11) is 0. The molecule has 3 heteroatoms. The van der Waals surface area contributed by atoms with E-state index >= 15 is 0 Å². The van der Waals surface area contributed by atoms with Crippen molar-refractivity contribution in [3.05, 3.63) is 40.3 Å². The highest BCUT2D eigenvalue weighted by molar-refractivity contribution is 5.74. The first-order chi connectivity index (χ1) is 5.27. The number of aromatic amines is 1. The Bertz CT molecular complexity index is 338. The molecule has 1 heterocycles. The number of pyridine rings is 1. The van der Waals surface area contributed by atoms with Gasteiger partial charge in [-0.3, -0.25) is 9.59 Å². The van der Waals surface area contributed by atoms with E-state index in [1.165, 1.54) is 18.3 Å². The quantitative estimate of drug-likeness (QED) is 0.633. The van der Waals surface area contributed by atoms with Crippen molar-refractivity contribution >= 4 is 12.4 Å². The summed E-state index contributed by atoms with van der Waals surface area (Å²) in [4.78, 5) is 23.8. The molecule has 0 aliphatic rings. The molecular weight excluding hydrogens is 142 g/mol. The van der Waals surface area contributed by atoms with Gasteiger partial charge < -0.3 is 4.98 Å². The van der Waals surface area contributed by atoms with E-state index in [0.717, 1.165) is 0 Å². The van der Waals surface area contributed by atoms with E-state index in [4.69, 9.17) is 0 Å². The van der Waals surface area contributed by atoms with Gasteiger partial charge >= 0.3 is 0 Å². The fourth-order valence-corrected chi connectivity index (χ4v) is 0.708. The molecule has 1 aromatic rings. The Hall–Kier alpha value is -1.64. The number of rotatable bonds is 2. The Morgan fingerprint density at radius 2 is 2.27 bits per heavy atom. The summed E-state index contributed by atoms with van der Waals surface area (Å²) in [5.74, 6) is 0. The van der Waals surface area contributed by atoms with Gasteiger partial charge in [-0.15, -0.1) is 0 Å². The van der Waals surface area contributed by atoms with Crippen LogP contribution in [0.3, 0.4) is 0 Å². The summed E-state index contributed by atoms with van der Waals surface area (Å²) in [6.45, 7) is 3.47. The average Bonchev–Trinajstić information content (AvgIpc) is 2.04. The van der Waals surface area contributed by atoms with Gasteiger partial charge in [0.25, 0.3) is 0 Å². The van der Waals surface area contributed by atoms with Crippen molar-refractivity contribution in [2.45, 2.75) is 0 Å². The molecule has 0 unspecified atom stereocenters. The lowest BCUT2D eigenvalue weighted by molar-refractivity contribution is 0.112. The first kappa shape index (κ1) is 7.47. The molecule has 11 heavy (non-hydrogen) atoms. The van der Waals surface area contributed by atoms with Gasteiger partial charge in [-0.25, -0.2) is 0 Å². The van der Waals surface area contributed by atoms with Crippen molar-refractivity contribution in [2.24, 2.45) is 0 Å². The van der Waals surface area contributed by atoms with Crippen molar-refractivity contribution in [3.63, 3.8) is 0 Å². The highest BCUT2D eigenvalue weighted by atomic mass is 16.1. The van der Waals surface area contributed by atoms with Crippen LogP contribution in [0.5, 0.6) is 0 Å². The third kappa shape index (κ3) is 1.43. The Morgan fingerprint density at radius 3 is 2.73 bits per heavy atom. The van der Waals surface area contributed by atoms with E-state index in [1.807, 2.05) is 0 Å². The number of aldehydes is 1. The van der Waals surface area contributed by atoms with Gasteiger partial charge in [-0.05, 0) is 6.08 Å². The van der Waals surface area contributed by atoms with E-state index in [2.05, 4.69) is 11.6 Å². The monoisotopic (exact) mass is 149 g/mol. The van der Waals surface area contributed by atoms with Gasteiger partial charge in [-0.2, -0.15) is 0 Å². The smallest absolute Gasteiger partial charge is 0.192 e. The number of hydrogen-bond donors (Lipinski definition) is 1. The molecule has 0 bridgehead atoms. The van der Waals surface area contributed by atoms with Gasteiger partial charge in [0, 0.05) is 18.0 Å². The second-order valence-corrected chi connectivity index (χ2v) is 2.03. The summed E-state index contributed by atoms with van der Waals surface area (Å²) in [5, 5.41) is 0. The van der Waals surface area contributed by atoms with E-state index in [1.54, 1.807) is 0 Å². The van der Waals surface area contributed by atoms with Gasteiger partial charge in [0.1, 0.15) is 0 Å². The lowest BCUT2D eigenvalue weighted by atomic mass is 10.2. The molecule has 0 aliphatic carbocycles. The third-order valence-electron chi connectivity index (χ3n) is 1.31. The predicted octanol–water partition coefficient (Wildman–Crippen LogP) is 0.830. The highest BCUT2D eigenvalue weighted by Gasteiger charge is 1.95. The maximum absolute atomic E-state index is 10.9. The van der Waals surface area contributed by atoms with E-state index in [-0.39, 0.29) is 11.0 Å². The zero-order valence-corrected chi connectivity index (χ0v) is 5.83. The largest absolute Gasteiger partial charge is 0.361 e. The molecule has 1 N–H and O–H groups in total. The molecule has 1 rings (SSSR count). The third-order valence-corrected chi connectivity index (χ3v) is 1.31. The number of aromatic nitrogens is 1. The second-order valence-electron chi connectivity index (χ2n) is 2.03. The molecule has 0 fully saturated rings. The maximum atomic E-state index is 10.9. The van der Waals surface area contributed by atoms with Crippen LogP contribution in [-0.4, -0.2) is 11.3 Å². The highest BCUT2D eigenvalue weighted by Crippen LogP contribution is 1.91. The van der Waals surface area contributed by atoms with Crippen LogP contribution in [0.2, 0.25) is 0 Å². The van der Waals surface area contributed by atoms with E-state index < -0.39 is 0 Å². The van der Waals surface area contributed by atoms with Crippen LogP contribution in [-0.2, 0) is 0 Å². The zero-order chi connectivity index (χ0) is 8.27. The molecule has 0 aromatic carbocycles. The molecule has 0 saturated carbocycles. The van der Waals surface area contributed by atoms with Crippen LogP contribution in [0, 0.1) is 0 Å². The van der Waals surface area contributed by atoms with E-state index in [9.17, 15) is 9.59 Å². The average molecular weight is 149 g/mol. The Labute approximate surface area is 63.4 Å². The minimum atomic E-state index is -0.284. The van der Waals surface area contributed by atoms with Gasteiger partial charge in [-0.1, -0.05) is 6.58 Å². The summed E-state index contributed by atoms with van der Waals surface area (Å²) in [6, 6.07) is 1.33. The lowest BCUT2D eigenvalue weighted by Gasteiger charge is -1.91. The minimum absolute atomic E-state index is 0.135. The fraction of sp³-hybridized carbons (Fsp3) is 0. The number of H-pyrrole nitrogens is 1. The minimum Gasteiger partial charge on any atom is -0.361 e. The van der Waals surface area contributed by atoms with Crippen LogP contribution >= 0.6 is 0 Å². The molecule has 1 aromatic heterocycles. The zero-order valence-electron chi connectivity index (χ0n) is 5.83. The molecule has 0 amide bonds. The Balaban J connectivity index is 3.30. The fourth-order valence-electron chi connectivity index (χ4n) is 0.708. The van der Waals surface area contributed by atoms with Gasteiger partial charge in [0.05, 0.1) is 5.56 Å². The number of carbonyl (C=O) groups is 1. The molecule has 3 nitrogen and oxygen atoms in total. The molecule has 0 atom stereocenters. The molecule has 56 valence electrons. The Morgan fingerprint density at radius 1 is 1.55 bits per heavy atom. The SMILES string of the molecule is C=Cc1cc(=O)c(C=O)c[nH]1. The van der Waals surface area contributed by atoms with Crippen molar-refractivity contribution < 1.29 is 4.79 Å². The molecule has 0 spiro atoms. The summed E-state index contributed by atoms with van der Waals surface area (Å²) >= 11 is 0. The first-order valence-corrected chi connectivity index (χ1v) is 3.08. The molecule has 0 radical (unpaired) electrons. The molecule has 0 saturated heterocycles. The van der Waals surface area contributed by atoms with Crippen LogP contribution < -0.4 is 5.43 Å². The van der Waals surface area contributed by atoms with Crippen molar-refractivity contribution in [3.8, 4) is 0 Å². The summed E-state index contributed by atoms with van der Waals surface area (Å²) in [6.07, 6.45) is 3.40. The number of nitrogens with one attached hydrogen (secondary N) is 1. The topological polar surface area (TPSA) is 49.9 Å². The number of hydrogen-bond acceptors (Lipinski definition) is 2. The van der Waals surface area contributed by atoms with Crippen molar-refractivity contribution in [1.29, 1.82) is 0 Å². The van der Waals surface area contributed by atoms with Crippen LogP contribution in [0.1, 0.15) is 16.1 Å². The van der Waals surface area contributed by atoms with Crippen LogP contribution in [0.4, 0.5) is 0 Å². The predicted molar refractivity (Wildman–Crippen MR) is 42.5 cm³/mol. The van der Waals surface area contributed by atoms with Crippen molar-refractivity contribution in [1.82, 2.24) is 4.98 Å². The van der Waals surface area contributed by atoms with E-state index in [0.29, 0.717) is 12.0 Å². The van der Waals surface area contributed by atoms with Gasteiger partial charge in [0.2, 0.25) is 0 Å². The Kier molecular flexibility index (Phi) is 2.01. The van der Waals surface area contributed by atoms with Crippen LogP contribution in [0.25, 0.3) is 6.08 Å². The number of carbonyl (C=O) groups excluding carboxylic acids is 1. The second kappa shape index (κ2) is 2.96. The summed E-state index contributed by atoms with van der Waals surface area (Å²) in [5.41, 5.74) is 0.463. The summed E-state index contributed by atoms with van der Waals surface area (Å²) < 4.78 is 0. The molecule has 0 aliphatic heterocycles. The van der Waals surface area contributed by atoms with Crippen molar-refractivity contribution in [2.75, 3.05) is 0 Å².